The molecule has 2 aromatic carbocycles. The zero-order valence-corrected chi connectivity index (χ0v) is 14.4. The van der Waals surface area contributed by atoms with Gasteiger partial charge in [0.05, 0.1) is 21.2 Å². The molecule has 9 heteroatoms. The van der Waals surface area contributed by atoms with E-state index in [4.69, 9.17) is 27.9 Å². The lowest BCUT2D eigenvalue weighted by Crippen LogP contribution is -2.30. The number of nitrogens with one attached hydrogen (secondary N) is 1. The highest BCUT2D eigenvalue weighted by molar-refractivity contribution is 6.34. The number of ether oxygens (including phenoxy) is 1. The van der Waals surface area contributed by atoms with Gasteiger partial charge in [-0.3, -0.25) is 14.9 Å². The molecule has 0 fully saturated rings. The quantitative estimate of drug-likeness (QED) is 0.477. The number of carbonyl (C=O) groups is 2. The van der Waals surface area contributed by atoms with Crippen molar-refractivity contribution < 1.29 is 19.2 Å². The van der Waals surface area contributed by atoms with Crippen LogP contribution in [-0.2, 0) is 9.53 Å². The molecule has 0 unspecified atom stereocenters. The third-order valence-corrected chi connectivity index (χ3v) is 3.72. The number of nitro benzene ring substituents is 1. The van der Waals surface area contributed by atoms with Crippen molar-refractivity contribution in [2.45, 2.75) is 13.0 Å². The number of nitrogens with zero attached hydrogens (tertiary/aromatic N) is 1. The summed E-state index contributed by atoms with van der Waals surface area (Å²) >= 11 is 11.6. The van der Waals surface area contributed by atoms with Gasteiger partial charge in [0.2, 0.25) is 0 Å². The van der Waals surface area contributed by atoms with E-state index in [0.29, 0.717) is 5.02 Å². The SMILES string of the molecule is C[C@@H](OC(=O)c1ccc(Cl)cc1)C(=O)Nc1ccc([N+](=O)[O-])cc1Cl. The van der Waals surface area contributed by atoms with E-state index in [1.165, 1.54) is 43.3 Å². The molecule has 0 aromatic heterocycles. The van der Waals surface area contributed by atoms with Gasteiger partial charge in [-0.2, -0.15) is 0 Å². The Hall–Kier alpha value is -2.64. The van der Waals surface area contributed by atoms with Crippen molar-refractivity contribution in [2.75, 3.05) is 5.32 Å². The maximum Gasteiger partial charge on any atom is 0.338 e. The number of nitro groups is 1. The molecule has 0 saturated heterocycles. The molecule has 0 aliphatic carbocycles. The summed E-state index contributed by atoms with van der Waals surface area (Å²) in [5.41, 5.74) is 0.217. The number of amides is 1. The van der Waals surface area contributed by atoms with Gasteiger partial charge in [0.1, 0.15) is 0 Å². The van der Waals surface area contributed by atoms with Crippen molar-refractivity contribution in [1.29, 1.82) is 0 Å². The third-order valence-electron chi connectivity index (χ3n) is 3.15. The summed E-state index contributed by atoms with van der Waals surface area (Å²) in [7, 11) is 0. The van der Waals surface area contributed by atoms with Crippen molar-refractivity contribution in [3.63, 3.8) is 0 Å². The van der Waals surface area contributed by atoms with E-state index >= 15 is 0 Å². The summed E-state index contributed by atoms with van der Waals surface area (Å²) in [4.78, 5) is 34.1. The summed E-state index contributed by atoms with van der Waals surface area (Å²) in [6, 6.07) is 9.61. The highest BCUT2D eigenvalue weighted by Crippen LogP contribution is 2.26. The first kappa shape index (κ1) is 18.7. The van der Waals surface area contributed by atoms with Gasteiger partial charge < -0.3 is 10.1 Å². The van der Waals surface area contributed by atoms with E-state index in [1.807, 2.05) is 0 Å². The Labute approximate surface area is 152 Å². The Balaban J connectivity index is 2.01. The van der Waals surface area contributed by atoms with Crippen LogP contribution in [0.4, 0.5) is 11.4 Å². The first-order valence-electron chi connectivity index (χ1n) is 6.99. The highest BCUT2D eigenvalue weighted by Gasteiger charge is 2.20. The molecule has 0 aliphatic rings. The number of hydrogen-bond donors (Lipinski definition) is 1. The van der Waals surface area contributed by atoms with Crippen molar-refractivity contribution >= 4 is 46.5 Å². The second-order valence-electron chi connectivity index (χ2n) is 4.96. The Morgan fingerprint density at radius 3 is 2.36 bits per heavy atom. The predicted octanol–water partition coefficient (Wildman–Crippen LogP) is 4.09. The molecule has 130 valence electrons. The fourth-order valence-corrected chi connectivity index (χ4v) is 2.17. The van der Waals surface area contributed by atoms with Crippen molar-refractivity contribution in [2.24, 2.45) is 0 Å². The van der Waals surface area contributed by atoms with E-state index < -0.39 is 22.9 Å². The molecule has 2 aromatic rings. The number of benzene rings is 2. The van der Waals surface area contributed by atoms with Crippen molar-refractivity contribution in [3.05, 3.63) is 68.2 Å². The van der Waals surface area contributed by atoms with Crippen LogP contribution in [0, 0.1) is 10.1 Å². The molecule has 1 N–H and O–H groups in total. The van der Waals surface area contributed by atoms with Gasteiger partial charge in [-0.25, -0.2) is 4.79 Å². The van der Waals surface area contributed by atoms with Gasteiger partial charge in [-0.15, -0.1) is 0 Å². The van der Waals surface area contributed by atoms with Gasteiger partial charge in [0.15, 0.2) is 6.10 Å². The predicted molar refractivity (Wildman–Crippen MR) is 93.1 cm³/mol. The summed E-state index contributed by atoms with van der Waals surface area (Å²) in [5, 5.41) is 13.6. The van der Waals surface area contributed by atoms with E-state index in [0.717, 1.165) is 6.07 Å². The lowest BCUT2D eigenvalue weighted by Gasteiger charge is -2.14. The molecule has 0 bridgehead atoms. The minimum atomic E-state index is -1.10. The van der Waals surface area contributed by atoms with Crippen LogP contribution in [0.1, 0.15) is 17.3 Å². The van der Waals surface area contributed by atoms with Crippen LogP contribution in [0.5, 0.6) is 0 Å². The summed E-state index contributed by atoms with van der Waals surface area (Å²) < 4.78 is 5.07. The second-order valence-corrected chi connectivity index (χ2v) is 5.81. The number of halogens is 2. The topological polar surface area (TPSA) is 98.5 Å². The molecule has 7 nitrogen and oxygen atoms in total. The number of rotatable bonds is 5. The number of esters is 1. The third kappa shape index (κ3) is 4.91. The van der Waals surface area contributed by atoms with Crippen LogP contribution in [0.3, 0.4) is 0 Å². The van der Waals surface area contributed by atoms with Crippen LogP contribution in [0.2, 0.25) is 10.0 Å². The Morgan fingerprint density at radius 1 is 1.16 bits per heavy atom. The summed E-state index contributed by atoms with van der Waals surface area (Å²) in [5.74, 6) is -1.31. The molecule has 0 saturated carbocycles. The number of non-ortho nitro benzene ring substituents is 1. The molecular formula is C16H12Cl2N2O5. The fourth-order valence-electron chi connectivity index (χ4n) is 1.82. The number of anilines is 1. The zero-order chi connectivity index (χ0) is 18.6. The maximum absolute atomic E-state index is 12.1. The molecule has 0 heterocycles. The van der Waals surface area contributed by atoms with E-state index in [2.05, 4.69) is 5.32 Å². The first-order valence-corrected chi connectivity index (χ1v) is 7.75. The van der Waals surface area contributed by atoms with Gasteiger partial charge in [0.25, 0.3) is 11.6 Å². The van der Waals surface area contributed by atoms with Gasteiger partial charge >= 0.3 is 5.97 Å². The molecule has 1 atom stereocenters. The summed E-state index contributed by atoms with van der Waals surface area (Å²) in [6.45, 7) is 1.39. The van der Waals surface area contributed by atoms with Gasteiger partial charge in [-0.1, -0.05) is 23.2 Å². The average Bonchev–Trinajstić information content (AvgIpc) is 2.56. The monoisotopic (exact) mass is 382 g/mol. The van der Waals surface area contributed by atoms with Crippen LogP contribution >= 0.6 is 23.2 Å². The Bertz CT molecular complexity index is 824. The van der Waals surface area contributed by atoms with Crippen molar-refractivity contribution in [1.82, 2.24) is 0 Å². The maximum atomic E-state index is 12.1. The molecule has 25 heavy (non-hydrogen) atoms. The van der Waals surface area contributed by atoms with Crippen LogP contribution in [0.15, 0.2) is 42.5 Å². The lowest BCUT2D eigenvalue weighted by atomic mass is 10.2. The Kier molecular flexibility index (Phi) is 5.95. The molecule has 1 amide bonds. The summed E-state index contributed by atoms with van der Waals surface area (Å²) in [6.07, 6.45) is -1.10. The number of carbonyl (C=O) groups excluding carboxylic acids is 2. The average molecular weight is 383 g/mol. The van der Waals surface area contributed by atoms with E-state index in [9.17, 15) is 19.7 Å². The van der Waals surface area contributed by atoms with Gasteiger partial charge in [0, 0.05) is 17.2 Å². The molecule has 0 radical (unpaired) electrons. The normalized spacial score (nSPS) is 11.5. The highest BCUT2D eigenvalue weighted by atomic mass is 35.5. The van der Waals surface area contributed by atoms with Crippen LogP contribution in [-0.4, -0.2) is 22.9 Å². The van der Waals surface area contributed by atoms with E-state index in [-0.39, 0.29) is 22.0 Å². The molecule has 0 spiro atoms. The number of hydrogen-bond acceptors (Lipinski definition) is 5. The molecule has 0 aliphatic heterocycles. The van der Waals surface area contributed by atoms with Gasteiger partial charge in [-0.05, 0) is 37.3 Å². The fraction of sp³-hybridized carbons (Fsp3) is 0.125. The minimum absolute atomic E-state index is 0.00113. The second kappa shape index (κ2) is 7.96. The first-order chi connectivity index (χ1) is 11.8. The molecule has 2 rings (SSSR count). The van der Waals surface area contributed by atoms with E-state index in [1.54, 1.807) is 0 Å². The lowest BCUT2D eigenvalue weighted by molar-refractivity contribution is -0.384. The van der Waals surface area contributed by atoms with Crippen LogP contribution in [0.25, 0.3) is 0 Å². The van der Waals surface area contributed by atoms with Crippen molar-refractivity contribution in [3.8, 4) is 0 Å². The minimum Gasteiger partial charge on any atom is -0.449 e. The van der Waals surface area contributed by atoms with Crippen LogP contribution < -0.4 is 5.32 Å². The molecular weight excluding hydrogens is 371 g/mol. The largest absolute Gasteiger partial charge is 0.449 e. The standard InChI is InChI=1S/C16H12Cl2N2O5/c1-9(25-16(22)10-2-4-11(17)5-3-10)15(21)19-14-7-6-12(20(23)24)8-13(14)18/h2-9H,1H3,(H,19,21)/t9-/m1/s1. The smallest absolute Gasteiger partial charge is 0.338 e. The Morgan fingerprint density at radius 2 is 1.80 bits per heavy atom. The zero-order valence-electron chi connectivity index (χ0n) is 12.9.